The molecule has 7 heteroatoms. The van der Waals surface area contributed by atoms with E-state index in [1.165, 1.54) is 6.07 Å². The molecular formula is C15H19BF2O4. The summed E-state index contributed by atoms with van der Waals surface area (Å²) in [6, 6.07) is 2.18. The summed E-state index contributed by atoms with van der Waals surface area (Å²) in [6.45, 7) is 9.04. The second-order valence-corrected chi connectivity index (χ2v) is 6.17. The Bertz CT molecular complexity index is 585. The number of hydrogen-bond donors (Lipinski definition) is 0. The summed E-state index contributed by atoms with van der Waals surface area (Å²) < 4.78 is 43.9. The summed E-state index contributed by atoms with van der Waals surface area (Å²) in [5.41, 5.74) is -1.47. The molecule has 2 rings (SSSR count). The lowest BCUT2D eigenvalue weighted by Crippen LogP contribution is -2.41. The van der Waals surface area contributed by atoms with Crippen molar-refractivity contribution in [1.82, 2.24) is 0 Å². The molecule has 0 bridgehead atoms. The van der Waals surface area contributed by atoms with Crippen LogP contribution >= 0.6 is 0 Å². The van der Waals surface area contributed by atoms with Gasteiger partial charge in [-0.25, -0.2) is 13.6 Å². The summed E-state index contributed by atoms with van der Waals surface area (Å²) in [5.74, 6) is -3.30. The van der Waals surface area contributed by atoms with Gasteiger partial charge >= 0.3 is 13.1 Å². The van der Waals surface area contributed by atoms with Gasteiger partial charge < -0.3 is 14.0 Å². The molecule has 1 aromatic rings. The topological polar surface area (TPSA) is 44.8 Å². The fourth-order valence-electron chi connectivity index (χ4n) is 2.08. The highest BCUT2D eigenvalue weighted by Gasteiger charge is 2.52. The molecule has 1 aliphatic rings. The Kier molecular flexibility index (Phi) is 4.32. The quantitative estimate of drug-likeness (QED) is 0.635. The van der Waals surface area contributed by atoms with Crippen molar-refractivity contribution in [3.63, 3.8) is 0 Å². The Hall–Kier alpha value is -1.47. The van der Waals surface area contributed by atoms with E-state index in [1.807, 2.05) is 27.7 Å². The third kappa shape index (κ3) is 2.87. The van der Waals surface area contributed by atoms with E-state index in [0.717, 1.165) is 6.07 Å². The second-order valence-electron chi connectivity index (χ2n) is 6.17. The van der Waals surface area contributed by atoms with Crippen molar-refractivity contribution in [3.8, 4) is 0 Å². The van der Waals surface area contributed by atoms with Crippen LogP contribution in [0, 0.1) is 11.6 Å². The van der Waals surface area contributed by atoms with Crippen molar-refractivity contribution in [2.24, 2.45) is 0 Å². The maximum absolute atomic E-state index is 13.8. The van der Waals surface area contributed by atoms with Gasteiger partial charge in [-0.3, -0.25) is 0 Å². The SMILES string of the molecule is CCOC(=O)c1cc(B2OC(C)(C)C(C)(C)O2)cc(F)c1F. The molecular weight excluding hydrogens is 293 g/mol. The number of ether oxygens (including phenoxy) is 1. The molecule has 1 saturated heterocycles. The van der Waals surface area contributed by atoms with Gasteiger partial charge in [-0.05, 0) is 52.2 Å². The minimum Gasteiger partial charge on any atom is -0.462 e. The number of hydrogen-bond acceptors (Lipinski definition) is 4. The van der Waals surface area contributed by atoms with Crippen molar-refractivity contribution in [2.75, 3.05) is 6.61 Å². The van der Waals surface area contributed by atoms with Crippen LogP contribution in [0.4, 0.5) is 8.78 Å². The van der Waals surface area contributed by atoms with Gasteiger partial charge in [-0.1, -0.05) is 0 Å². The fraction of sp³-hybridized carbons (Fsp3) is 0.533. The molecule has 22 heavy (non-hydrogen) atoms. The first kappa shape index (κ1) is 16.9. The minimum atomic E-state index is -1.24. The van der Waals surface area contributed by atoms with Crippen LogP contribution in [-0.2, 0) is 14.0 Å². The van der Waals surface area contributed by atoms with E-state index in [2.05, 4.69) is 0 Å². The molecule has 0 atom stereocenters. The van der Waals surface area contributed by atoms with E-state index in [0.29, 0.717) is 0 Å². The standard InChI is InChI=1S/C15H19BF2O4/c1-6-20-13(19)10-7-9(8-11(17)12(10)18)16-21-14(2,3)15(4,5)22-16/h7-8H,6H2,1-5H3. The van der Waals surface area contributed by atoms with E-state index in [4.69, 9.17) is 14.0 Å². The Morgan fingerprint density at radius 1 is 1.18 bits per heavy atom. The second kappa shape index (κ2) is 5.63. The number of rotatable bonds is 3. The summed E-state index contributed by atoms with van der Waals surface area (Å²) >= 11 is 0. The van der Waals surface area contributed by atoms with Crippen molar-refractivity contribution >= 4 is 18.6 Å². The Morgan fingerprint density at radius 3 is 2.23 bits per heavy atom. The zero-order valence-electron chi connectivity index (χ0n) is 13.3. The van der Waals surface area contributed by atoms with E-state index in [9.17, 15) is 13.6 Å². The number of halogens is 2. The highest BCUT2D eigenvalue weighted by Crippen LogP contribution is 2.36. The molecule has 0 unspecified atom stereocenters. The molecule has 4 nitrogen and oxygen atoms in total. The highest BCUT2D eigenvalue weighted by atomic mass is 19.2. The van der Waals surface area contributed by atoms with Crippen molar-refractivity contribution in [2.45, 2.75) is 45.8 Å². The van der Waals surface area contributed by atoms with E-state index >= 15 is 0 Å². The average Bonchev–Trinajstić information content (AvgIpc) is 2.61. The fourth-order valence-corrected chi connectivity index (χ4v) is 2.08. The van der Waals surface area contributed by atoms with Crippen LogP contribution < -0.4 is 5.46 Å². The van der Waals surface area contributed by atoms with Gasteiger partial charge in [0.15, 0.2) is 11.6 Å². The number of carbonyl (C=O) groups excluding carboxylic acids is 1. The van der Waals surface area contributed by atoms with Gasteiger partial charge in [0, 0.05) is 0 Å². The van der Waals surface area contributed by atoms with Crippen LogP contribution in [0.25, 0.3) is 0 Å². The van der Waals surface area contributed by atoms with E-state index in [-0.39, 0.29) is 12.1 Å². The van der Waals surface area contributed by atoms with Crippen LogP contribution in [-0.4, -0.2) is 30.9 Å². The lowest BCUT2D eigenvalue weighted by Gasteiger charge is -2.32. The molecule has 0 radical (unpaired) electrons. The predicted octanol–water partition coefficient (Wildman–Crippen LogP) is 2.44. The zero-order valence-corrected chi connectivity index (χ0v) is 13.3. The normalized spacial score (nSPS) is 19.3. The Morgan fingerprint density at radius 2 is 1.73 bits per heavy atom. The van der Waals surface area contributed by atoms with E-state index in [1.54, 1.807) is 6.92 Å². The molecule has 0 aromatic heterocycles. The van der Waals surface area contributed by atoms with Gasteiger partial charge in [0.2, 0.25) is 0 Å². The first-order chi connectivity index (χ1) is 10.1. The largest absolute Gasteiger partial charge is 0.494 e. The molecule has 0 amide bonds. The summed E-state index contributed by atoms with van der Waals surface area (Å²) in [5, 5.41) is 0. The third-order valence-corrected chi connectivity index (χ3v) is 4.07. The number of carbonyl (C=O) groups is 1. The van der Waals surface area contributed by atoms with Crippen LogP contribution in [0.2, 0.25) is 0 Å². The number of benzene rings is 1. The average molecular weight is 312 g/mol. The van der Waals surface area contributed by atoms with Crippen LogP contribution in [0.3, 0.4) is 0 Å². The molecule has 1 aliphatic heterocycles. The van der Waals surface area contributed by atoms with E-state index < -0.39 is 41.5 Å². The maximum Gasteiger partial charge on any atom is 0.494 e. The molecule has 0 N–H and O–H groups in total. The maximum atomic E-state index is 13.8. The molecule has 0 spiro atoms. The van der Waals surface area contributed by atoms with Gasteiger partial charge in [-0.15, -0.1) is 0 Å². The van der Waals surface area contributed by atoms with Gasteiger partial charge in [0.1, 0.15) is 0 Å². The van der Waals surface area contributed by atoms with Crippen LogP contribution in [0.1, 0.15) is 45.0 Å². The molecule has 0 aliphatic carbocycles. The minimum absolute atomic E-state index is 0.0701. The summed E-state index contributed by atoms with van der Waals surface area (Å²) in [7, 11) is -0.881. The van der Waals surface area contributed by atoms with Gasteiger partial charge in [0.25, 0.3) is 0 Å². The molecule has 120 valence electrons. The molecule has 1 heterocycles. The summed E-state index contributed by atoms with van der Waals surface area (Å²) in [6.07, 6.45) is 0. The Labute approximate surface area is 128 Å². The van der Waals surface area contributed by atoms with Gasteiger partial charge in [0.05, 0.1) is 23.4 Å². The first-order valence-corrected chi connectivity index (χ1v) is 7.11. The number of esters is 1. The lowest BCUT2D eigenvalue weighted by atomic mass is 9.78. The monoisotopic (exact) mass is 312 g/mol. The van der Waals surface area contributed by atoms with Crippen LogP contribution in [0.5, 0.6) is 0 Å². The highest BCUT2D eigenvalue weighted by molar-refractivity contribution is 6.62. The first-order valence-electron chi connectivity index (χ1n) is 7.11. The van der Waals surface area contributed by atoms with Crippen molar-refractivity contribution < 1.29 is 27.6 Å². The van der Waals surface area contributed by atoms with Crippen LogP contribution in [0.15, 0.2) is 12.1 Å². The van der Waals surface area contributed by atoms with Crippen molar-refractivity contribution in [3.05, 3.63) is 29.3 Å². The van der Waals surface area contributed by atoms with Crippen molar-refractivity contribution in [1.29, 1.82) is 0 Å². The smallest absolute Gasteiger partial charge is 0.462 e. The lowest BCUT2D eigenvalue weighted by molar-refractivity contribution is 0.00578. The van der Waals surface area contributed by atoms with Gasteiger partial charge in [-0.2, -0.15) is 0 Å². The molecule has 1 aromatic carbocycles. The zero-order chi connectivity index (χ0) is 16.7. The third-order valence-electron chi connectivity index (χ3n) is 4.07. The summed E-state index contributed by atoms with van der Waals surface area (Å²) in [4.78, 5) is 11.7. The predicted molar refractivity (Wildman–Crippen MR) is 78.0 cm³/mol. The molecule has 0 saturated carbocycles. The molecule has 1 fully saturated rings. The Balaban J connectivity index is 2.40.